The van der Waals surface area contributed by atoms with Crippen LogP contribution in [0.3, 0.4) is 0 Å². The Bertz CT molecular complexity index is 290. The smallest absolute Gasteiger partial charge is 0.376 e. The van der Waals surface area contributed by atoms with Crippen LogP contribution in [0.1, 0.15) is 17.5 Å². The second kappa shape index (κ2) is 4.15. The van der Waals surface area contributed by atoms with E-state index in [4.69, 9.17) is 4.74 Å². The third-order valence-electron chi connectivity index (χ3n) is 1.08. The number of ether oxygens (including phenoxy) is 1. The summed E-state index contributed by atoms with van der Waals surface area (Å²) in [6.45, 7) is 2.06. The highest BCUT2D eigenvalue weighted by atomic mass is 79.9. The lowest BCUT2D eigenvalue weighted by molar-refractivity contribution is 0.0511. The van der Waals surface area contributed by atoms with Crippen LogP contribution in [0.5, 0.6) is 0 Å². The fourth-order valence-electron chi connectivity index (χ4n) is 0.631. The van der Waals surface area contributed by atoms with Gasteiger partial charge in [-0.3, -0.25) is 0 Å². The standard InChI is InChI=1S/C7H7BrN2O2/c1-2-12-7(11)6-9-4-3-5(8)10-6/h3-4H,2H2,1H3. The van der Waals surface area contributed by atoms with E-state index in [2.05, 4.69) is 25.9 Å². The number of carbonyl (C=O) groups is 1. The minimum absolute atomic E-state index is 0.0752. The van der Waals surface area contributed by atoms with Gasteiger partial charge in [0.25, 0.3) is 0 Å². The van der Waals surface area contributed by atoms with E-state index in [1.807, 2.05) is 0 Å². The van der Waals surface area contributed by atoms with E-state index in [1.165, 1.54) is 6.20 Å². The molecular formula is C7H7BrN2O2. The summed E-state index contributed by atoms with van der Waals surface area (Å²) >= 11 is 3.12. The Balaban J connectivity index is 2.81. The number of aromatic nitrogens is 2. The second-order valence-corrected chi connectivity index (χ2v) is 2.74. The van der Waals surface area contributed by atoms with E-state index in [0.717, 1.165) is 0 Å². The summed E-state index contributed by atoms with van der Waals surface area (Å²) in [4.78, 5) is 18.6. The van der Waals surface area contributed by atoms with Crippen LogP contribution in [0, 0.1) is 0 Å². The molecule has 0 spiro atoms. The molecule has 1 aromatic rings. The number of halogens is 1. The molecule has 0 aliphatic rings. The first kappa shape index (κ1) is 9.12. The SMILES string of the molecule is CCOC(=O)c1nccc(Br)n1. The van der Waals surface area contributed by atoms with E-state index < -0.39 is 5.97 Å². The van der Waals surface area contributed by atoms with Gasteiger partial charge in [-0.15, -0.1) is 0 Å². The molecule has 0 amide bonds. The third kappa shape index (κ3) is 2.27. The fraction of sp³-hybridized carbons (Fsp3) is 0.286. The van der Waals surface area contributed by atoms with Crippen molar-refractivity contribution < 1.29 is 9.53 Å². The maximum Gasteiger partial charge on any atom is 0.376 e. The molecule has 64 valence electrons. The minimum Gasteiger partial charge on any atom is -0.460 e. The number of hydrogen-bond acceptors (Lipinski definition) is 4. The summed E-state index contributed by atoms with van der Waals surface area (Å²) in [7, 11) is 0. The van der Waals surface area contributed by atoms with Crippen molar-refractivity contribution in [1.29, 1.82) is 0 Å². The molecule has 1 aromatic heterocycles. The van der Waals surface area contributed by atoms with Gasteiger partial charge in [0.1, 0.15) is 4.60 Å². The summed E-state index contributed by atoms with van der Waals surface area (Å²) in [5.74, 6) is -0.426. The van der Waals surface area contributed by atoms with Gasteiger partial charge in [0.2, 0.25) is 5.82 Å². The van der Waals surface area contributed by atoms with E-state index in [-0.39, 0.29) is 5.82 Å². The molecule has 0 atom stereocenters. The molecule has 5 heteroatoms. The van der Waals surface area contributed by atoms with Gasteiger partial charge in [-0.25, -0.2) is 14.8 Å². The van der Waals surface area contributed by atoms with Crippen LogP contribution in [0.25, 0.3) is 0 Å². The monoisotopic (exact) mass is 230 g/mol. The molecule has 12 heavy (non-hydrogen) atoms. The Hall–Kier alpha value is -0.970. The van der Waals surface area contributed by atoms with Crippen LogP contribution in [-0.4, -0.2) is 22.5 Å². The van der Waals surface area contributed by atoms with Crippen molar-refractivity contribution in [2.24, 2.45) is 0 Å². The van der Waals surface area contributed by atoms with Crippen molar-refractivity contribution in [2.45, 2.75) is 6.92 Å². The van der Waals surface area contributed by atoms with E-state index in [0.29, 0.717) is 11.2 Å². The van der Waals surface area contributed by atoms with Crippen molar-refractivity contribution in [2.75, 3.05) is 6.61 Å². The maximum atomic E-state index is 11.0. The second-order valence-electron chi connectivity index (χ2n) is 1.92. The van der Waals surface area contributed by atoms with Gasteiger partial charge in [-0.2, -0.15) is 0 Å². The number of esters is 1. The van der Waals surface area contributed by atoms with E-state index >= 15 is 0 Å². The number of rotatable bonds is 2. The molecule has 0 fully saturated rings. The minimum atomic E-state index is -0.501. The summed E-state index contributed by atoms with van der Waals surface area (Å²) in [6.07, 6.45) is 1.49. The van der Waals surface area contributed by atoms with Gasteiger partial charge in [0.05, 0.1) is 6.61 Å². The molecular weight excluding hydrogens is 224 g/mol. The highest BCUT2D eigenvalue weighted by Crippen LogP contribution is 2.04. The topological polar surface area (TPSA) is 52.1 Å². The van der Waals surface area contributed by atoms with Crippen LogP contribution in [0.4, 0.5) is 0 Å². The fourth-order valence-corrected chi connectivity index (χ4v) is 0.917. The maximum absolute atomic E-state index is 11.0. The normalized spacial score (nSPS) is 9.50. The average molecular weight is 231 g/mol. The van der Waals surface area contributed by atoms with Gasteiger partial charge >= 0.3 is 5.97 Å². The Morgan fingerprint density at radius 2 is 2.50 bits per heavy atom. The predicted molar refractivity (Wildman–Crippen MR) is 45.7 cm³/mol. The molecule has 0 radical (unpaired) electrons. The average Bonchev–Trinajstić information content (AvgIpc) is 2.05. The highest BCUT2D eigenvalue weighted by molar-refractivity contribution is 9.10. The van der Waals surface area contributed by atoms with E-state index in [9.17, 15) is 4.79 Å². The van der Waals surface area contributed by atoms with Crippen molar-refractivity contribution >= 4 is 21.9 Å². The van der Waals surface area contributed by atoms with Gasteiger partial charge in [0.15, 0.2) is 0 Å². The zero-order valence-electron chi connectivity index (χ0n) is 6.45. The molecule has 1 rings (SSSR count). The third-order valence-corrected chi connectivity index (χ3v) is 1.52. The number of nitrogens with zero attached hydrogens (tertiary/aromatic N) is 2. The number of hydrogen-bond donors (Lipinski definition) is 0. The Labute approximate surface area is 78.1 Å². The molecule has 0 aliphatic heterocycles. The van der Waals surface area contributed by atoms with Crippen molar-refractivity contribution in [1.82, 2.24) is 9.97 Å². The van der Waals surface area contributed by atoms with Crippen LogP contribution >= 0.6 is 15.9 Å². The summed E-state index contributed by atoms with van der Waals surface area (Å²) in [5.41, 5.74) is 0. The summed E-state index contributed by atoms with van der Waals surface area (Å²) in [6, 6.07) is 1.64. The Morgan fingerprint density at radius 1 is 1.75 bits per heavy atom. The molecule has 0 aromatic carbocycles. The molecule has 0 bridgehead atoms. The van der Waals surface area contributed by atoms with E-state index in [1.54, 1.807) is 13.0 Å². The van der Waals surface area contributed by atoms with Gasteiger partial charge in [-0.05, 0) is 28.9 Å². The number of carbonyl (C=O) groups excluding carboxylic acids is 1. The summed E-state index contributed by atoms with van der Waals surface area (Å²) < 4.78 is 5.27. The predicted octanol–water partition coefficient (Wildman–Crippen LogP) is 1.42. The Morgan fingerprint density at radius 3 is 3.08 bits per heavy atom. The molecule has 0 unspecified atom stereocenters. The van der Waals surface area contributed by atoms with Crippen LogP contribution < -0.4 is 0 Å². The Kier molecular flexibility index (Phi) is 3.16. The molecule has 4 nitrogen and oxygen atoms in total. The van der Waals surface area contributed by atoms with Crippen LogP contribution in [0.15, 0.2) is 16.9 Å². The van der Waals surface area contributed by atoms with Gasteiger partial charge in [-0.1, -0.05) is 0 Å². The molecule has 0 saturated heterocycles. The molecule has 0 aliphatic carbocycles. The highest BCUT2D eigenvalue weighted by Gasteiger charge is 2.08. The lowest BCUT2D eigenvalue weighted by Crippen LogP contribution is -2.09. The zero-order chi connectivity index (χ0) is 8.97. The van der Waals surface area contributed by atoms with Gasteiger partial charge < -0.3 is 4.74 Å². The van der Waals surface area contributed by atoms with Crippen LogP contribution in [-0.2, 0) is 4.74 Å². The van der Waals surface area contributed by atoms with Crippen molar-refractivity contribution in [3.8, 4) is 0 Å². The zero-order valence-corrected chi connectivity index (χ0v) is 8.04. The lowest BCUT2D eigenvalue weighted by atomic mass is 10.5. The molecule has 1 heterocycles. The van der Waals surface area contributed by atoms with Gasteiger partial charge in [0, 0.05) is 6.20 Å². The van der Waals surface area contributed by atoms with Crippen LogP contribution in [0.2, 0.25) is 0 Å². The van der Waals surface area contributed by atoms with Crippen molar-refractivity contribution in [3.05, 3.63) is 22.7 Å². The van der Waals surface area contributed by atoms with Crippen molar-refractivity contribution in [3.63, 3.8) is 0 Å². The molecule has 0 saturated carbocycles. The first-order chi connectivity index (χ1) is 5.74. The first-order valence-corrected chi connectivity index (χ1v) is 4.19. The lowest BCUT2D eigenvalue weighted by Gasteiger charge is -1.98. The molecule has 0 N–H and O–H groups in total. The first-order valence-electron chi connectivity index (χ1n) is 3.39. The largest absolute Gasteiger partial charge is 0.460 e. The summed E-state index contributed by atoms with van der Waals surface area (Å²) in [5, 5.41) is 0. The quantitative estimate of drug-likeness (QED) is 0.570.